The molecule has 0 atom stereocenters. The van der Waals surface area contributed by atoms with Gasteiger partial charge in [-0.2, -0.15) is 0 Å². The fourth-order valence-electron chi connectivity index (χ4n) is 2.51. The van der Waals surface area contributed by atoms with Crippen LogP contribution in [-0.4, -0.2) is 23.0 Å². The molecule has 0 saturated heterocycles. The Morgan fingerprint density at radius 3 is 2.65 bits per heavy atom. The third kappa shape index (κ3) is 3.48. The summed E-state index contributed by atoms with van der Waals surface area (Å²) in [6.45, 7) is 2.32. The second-order valence-corrected chi connectivity index (χ2v) is 5.47. The molecule has 0 amide bonds. The molecule has 0 aliphatic heterocycles. The summed E-state index contributed by atoms with van der Waals surface area (Å²) >= 11 is 0. The van der Waals surface area contributed by atoms with Crippen molar-refractivity contribution >= 4 is 17.1 Å². The van der Waals surface area contributed by atoms with Crippen LogP contribution in [0, 0.1) is 12.1 Å². The number of ether oxygens (including phenoxy) is 1. The van der Waals surface area contributed by atoms with Crippen LogP contribution in [0.2, 0.25) is 0 Å². The molecule has 2 aromatic carbocycles. The molecule has 1 heterocycles. The van der Waals surface area contributed by atoms with E-state index in [0.29, 0.717) is 11.4 Å². The van der Waals surface area contributed by atoms with E-state index in [1.54, 1.807) is 7.11 Å². The highest BCUT2D eigenvalue weighted by Crippen LogP contribution is 2.22. The van der Waals surface area contributed by atoms with Crippen molar-refractivity contribution in [3.63, 3.8) is 0 Å². The van der Waals surface area contributed by atoms with E-state index in [1.165, 1.54) is 6.21 Å². The van der Waals surface area contributed by atoms with E-state index in [2.05, 4.69) is 4.98 Å². The van der Waals surface area contributed by atoms with Crippen LogP contribution in [-0.2, 0) is 6.54 Å². The van der Waals surface area contributed by atoms with Crippen molar-refractivity contribution in [3.05, 3.63) is 76.5 Å². The van der Waals surface area contributed by atoms with E-state index >= 15 is 0 Å². The Morgan fingerprint density at radius 1 is 1.13 bits per heavy atom. The summed E-state index contributed by atoms with van der Waals surface area (Å²) in [6.07, 6.45) is 1.53. The standard InChI is InChI=1S/C19H18N2O2/c1-14-8-9-18-16(10-14)11-17(19(20-18)23-2)13-21(22)12-15-6-4-3-5-7-15/h3-11,13H,12H2,1-2H3. The third-order valence-corrected chi connectivity index (χ3v) is 3.62. The van der Waals surface area contributed by atoms with Crippen molar-refractivity contribution in [2.45, 2.75) is 13.5 Å². The molecule has 3 aromatic rings. The van der Waals surface area contributed by atoms with Crippen LogP contribution in [0.3, 0.4) is 0 Å². The SMILES string of the molecule is COc1nc2ccc(C)cc2cc1C=[N+]([O-])Cc1ccccc1. The van der Waals surface area contributed by atoms with Crippen molar-refractivity contribution in [2.75, 3.05) is 7.11 Å². The summed E-state index contributed by atoms with van der Waals surface area (Å²) in [4.78, 5) is 4.48. The van der Waals surface area contributed by atoms with Gasteiger partial charge in [-0.3, -0.25) is 0 Å². The Bertz CT molecular complexity index is 858. The minimum atomic E-state index is 0.288. The molecule has 0 saturated carbocycles. The highest BCUT2D eigenvalue weighted by molar-refractivity contribution is 5.89. The first-order valence-electron chi connectivity index (χ1n) is 7.43. The van der Waals surface area contributed by atoms with E-state index in [0.717, 1.165) is 26.8 Å². The van der Waals surface area contributed by atoms with Gasteiger partial charge in [-0.25, -0.2) is 9.72 Å². The lowest BCUT2D eigenvalue weighted by Crippen LogP contribution is -2.07. The predicted molar refractivity (Wildman–Crippen MR) is 92.0 cm³/mol. The number of hydrogen-bond donors (Lipinski definition) is 0. The number of benzene rings is 2. The molecule has 4 nitrogen and oxygen atoms in total. The highest BCUT2D eigenvalue weighted by Gasteiger charge is 2.09. The molecule has 0 aliphatic rings. The molecule has 23 heavy (non-hydrogen) atoms. The number of methoxy groups -OCH3 is 1. The zero-order valence-electron chi connectivity index (χ0n) is 13.2. The maximum Gasteiger partial charge on any atom is 0.227 e. The number of aryl methyl sites for hydroxylation is 1. The lowest BCUT2D eigenvalue weighted by atomic mass is 10.1. The van der Waals surface area contributed by atoms with Crippen LogP contribution in [0.15, 0.2) is 54.6 Å². The summed E-state index contributed by atoms with van der Waals surface area (Å²) in [6, 6.07) is 17.6. The van der Waals surface area contributed by atoms with Gasteiger partial charge in [0.25, 0.3) is 0 Å². The highest BCUT2D eigenvalue weighted by atomic mass is 16.5. The molecule has 0 N–H and O–H groups in total. The Hall–Kier alpha value is -2.88. The quantitative estimate of drug-likeness (QED) is 0.320. The van der Waals surface area contributed by atoms with Gasteiger partial charge < -0.3 is 9.94 Å². The zero-order chi connectivity index (χ0) is 16.2. The van der Waals surface area contributed by atoms with Crippen molar-refractivity contribution in [1.29, 1.82) is 0 Å². The number of rotatable bonds is 4. The van der Waals surface area contributed by atoms with Crippen molar-refractivity contribution in [1.82, 2.24) is 4.98 Å². The minimum Gasteiger partial charge on any atom is -0.624 e. The van der Waals surface area contributed by atoms with Gasteiger partial charge in [0, 0.05) is 10.9 Å². The monoisotopic (exact) mass is 306 g/mol. The lowest BCUT2D eigenvalue weighted by molar-refractivity contribution is -0.469. The van der Waals surface area contributed by atoms with Crippen LogP contribution < -0.4 is 4.74 Å². The third-order valence-electron chi connectivity index (χ3n) is 3.62. The molecule has 0 fully saturated rings. The molecular weight excluding hydrogens is 288 g/mol. The van der Waals surface area contributed by atoms with Gasteiger partial charge in [0.05, 0.1) is 12.6 Å². The number of nitrogens with zero attached hydrogens (tertiary/aromatic N) is 2. The second kappa shape index (κ2) is 6.48. The number of pyridine rings is 1. The van der Waals surface area contributed by atoms with Gasteiger partial charge in [0.2, 0.25) is 5.88 Å². The minimum absolute atomic E-state index is 0.288. The number of hydroxylamine groups is 1. The van der Waals surface area contributed by atoms with Gasteiger partial charge in [0.15, 0.2) is 12.8 Å². The van der Waals surface area contributed by atoms with Crippen molar-refractivity contribution in [3.8, 4) is 5.88 Å². The normalized spacial score (nSPS) is 11.7. The van der Waals surface area contributed by atoms with Gasteiger partial charge >= 0.3 is 0 Å². The Kier molecular flexibility index (Phi) is 4.24. The van der Waals surface area contributed by atoms with Gasteiger partial charge in [-0.05, 0) is 25.1 Å². The van der Waals surface area contributed by atoms with Crippen LogP contribution >= 0.6 is 0 Å². The number of hydrogen-bond acceptors (Lipinski definition) is 3. The Balaban J connectivity index is 1.98. The first-order chi connectivity index (χ1) is 11.2. The molecule has 0 bridgehead atoms. The predicted octanol–water partition coefficient (Wildman–Crippen LogP) is 3.68. The molecule has 3 rings (SSSR count). The van der Waals surface area contributed by atoms with E-state index < -0.39 is 0 Å². The maximum atomic E-state index is 12.2. The summed E-state index contributed by atoms with van der Waals surface area (Å²) in [5.41, 5.74) is 3.64. The Labute approximate surface area is 135 Å². The summed E-state index contributed by atoms with van der Waals surface area (Å²) < 4.78 is 6.23. The first kappa shape index (κ1) is 15.0. The maximum absolute atomic E-state index is 12.2. The van der Waals surface area contributed by atoms with Crippen LogP contribution in [0.25, 0.3) is 10.9 Å². The fraction of sp³-hybridized carbons (Fsp3) is 0.158. The second-order valence-electron chi connectivity index (χ2n) is 5.47. The van der Waals surface area contributed by atoms with Gasteiger partial charge in [0.1, 0.15) is 5.56 Å². The van der Waals surface area contributed by atoms with Crippen molar-refractivity contribution in [2.24, 2.45) is 0 Å². The molecule has 116 valence electrons. The topological polar surface area (TPSA) is 48.2 Å². The average Bonchev–Trinajstić information content (AvgIpc) is 2.55. The van der Waals surface area contributed by atoms with Crippen molar-refractivity contribution < 1.29 is 9.48 Å². The van der Waals surface area contributed by atoms with E-state index in [4.69, 9.17) is 4.74 Å². The van der Waals surface area contributed by atoms with E-state index in [9.17, 15) is 5.21 Å². The zero-order valence-corrected chi connectivity index (χ0v) is 13.2. The summed E-state index contributed by atoms with van der Waals surface area (Å²) in [7, 11) is 1.56. The Morgan fingerprint density at radius 2 is 1.91 bits per heavy atom. The number of fused-ring (bicyclic) bond motifs is 1. The molecule has 0 aliphatic carbocycles. The molecule has 0 unspecified atom stereocenters. The van der Waals surface area contributed by atoms with Gasteiger partial charge in [-0.1, -0.05) is 42.0 Å². The van der Waals surface area contributed by atoms with Crippen LogP contribution in [0.5, 0.6) is 5.88 Å². The fourth-order valence-corrected chi connectivity index (χ4v) is 2.51. The van der Waals surface area contributed by atoms with E-state index in [1.807, 2.05) is 61.5 Å². The largest absolute Gasteiger partial charge is 0.624 e. The molecule has 0 radical (unpaired) electrons. The summed E-state index contributed by atoms with van der Waals surface area (Å²) in [5, 5.41) is 13.2. The smallest absolute Gasteiger partial charge is 0.227 e. The van der Waals surface area contributed by atoms with Gasteiger partial charge in [-0.15, -0.1) is 0 Å². The molecule has 4 heteroatoms. The lowest BCUT2D eigenvalue weighted by Gasteiger charge is -2.08. The van der Waals surface area contributed by atoms with Crippen LogP contribution in [0.4, 0.5) is 0 Å². The van der Waals surface area contributed by atoms with Crippen LogP contribution in [0.1, 0.15) is 16.7 Å². The first-order valence-corrected chi connectivity index (χ1v) is 7.43. The molecule has 1 aromatic heterocycles. The average molecular weight is 306 g/mol. The summed E-state index contributed by atoms with van der Waals surface area (Å²) in [5.74, 6) is 0.454. The molecule has 0 spiro atoms. The number of aromatic nitrogens is 1. The molecular formula is C19H18N2O2. The van der Waals surface area contributed by atoms with E-state index in [-0.39, 0.29) is 6.54 Å².